The van der Waals surface area contributed by atoms with Crippen LogP contribution in [-0.2, 0) is 23.9 Å². The molecule has 1 saturated heterocycles. The van der Waals surface area contributed by atoms with Crippen molar-refractivity contribution in [2.75, 3.05) is 24.2 Å². The Labute approximate surface area is 195 Å². The number of thiazole rings is 1. The summed E-state index contributed by atoms with van der Waals surface area (Å²) in [7, 11) is 0. The molecule has 0 bridgehead atoms. The van der Waals surface area contributed by atoms with Gasteiger partial charge >= 0.3 is 35.5 Å². The minimum absolute atomic E-state index is 0. The molecule has 1 aromatic heterocycles. The van der Waals surface area contributed by atoms with Gasteiger partial charge in [0.05, 0.1) is 18.2 Å². The molecular weight excluding hydrogens is 435 g/mol. The van der Waals surface area contributed by atoms with E-state index >= 15 is 0 Å². The number of carboxylic acids is 1. The molecule has 0 saturated carbocycles. The maximum absolute atomic E-state index is 12.4. The number of esters is 1. The number of aromatic hydroxyl groups is 1. The van der Waals surface area contributed by atoms with E-state index in [9.17, 15) is 24.3 Å². The summed E-state index contributed by atoms with van der Waals surface area (Å²) in [5, 5.41) is 26.7. The van der Waals surface area contributed by atoms with Gasteiger partial charge in [0, 0.05) is 23.6 Å². The molecular formula is C15H15N4NaO7S2. The standard InChI is InChI=1S/C15H16N4O7S2.Na/c1-6(20)26-3-7-4-27-13-10(12(22)19(13)11(7)14(23)24)18-9(21)2-16-8-5-28-15(25)17-8;/h5,10,13,16H,2-4H2,1H3,(H,17,25)(H,18,21)(H,23,24);/q;+1/p-1/t10-,13-;/m1./s1. The minimum atomic E-state index is -1.55. The van der Waals surface area contributed by atoms with Crippen LogP contribution in [0.25, 0.3) is 0 Å². The molecule has 0 radical (unpaired) electrons. The number of fused-ring (bicyclic) bond motifs is 1. The third kappa shape index (κ3) is 5.22. The summed E-state index contributed by atoms with van der Waals surface area (Å²) in [6, 6.07) is -0.882. The van der Waals surface area contributed by atoms with Crippen molar-refractivity contribution in [3.63, 3.8) is 0 Å². The van der Waals surface area contributed by atoms with Gasteiger partial charge in [-0.15, -0.1) is 11.8 Å². The number of thioether (sulfide) groups is 1. The van der Waals surface area contributed by atoms with Gasteiger partial charge in [-0.05, 0) is 0 Å². The van der Waals surface area contributed by atoms with Gasteiger partial charge in [-0.25, -0.2) is 0 Å². The molecule has 3 N–H and O–H groups in total. The predicted octanol–water partition coefficient (Wildman–Crippen LogP) is -4.77. The van der Waals surface area contributed by atoms with Gasteiger partial charge in [-0.1, -0.05) is 11.3 Å². The quantitative estimate of drug-likeness (QED) is 0.209. The van der Waals surface area contributed by atoms with Crippen LogP contribution in [0.1, 0.15) is 6.92 Å². The van der Waals surface area contributed by atoms with E-state index in [0.29, 0.717) is 5.82 Å². The molecule has 3 rings (SSSR count). The van der Waals surface area contributed by atoms with E-state index in [2.05, 4.69) is 15.6 Å². The van der Waals surface area contributed by atoms with Crippen LogP contribution in [-0.4, -0.2) is 69.1 Å². The first kappa shape index (κ1) is 23.5. The van der Waals surface area contributed by atoms with Crippen LogP contribution in [0, 0.1) is 0 Å². The Morgan fingerprint density at radius 1 is 1.45 bits per heavy atom. The zero-order valence-corrected chi connectivity index (χ0v) is 19.1. The summed E-state index contributed by atoms with van der Waals surface area (Å²) in [6.45, 7) is 0.772. The summed E-state index contributed by atoms with van der Waals surface area (Å²) in [6.07, 6.45) is 0. The third-order valence-electron chi connectivity index (χ3n) is 3.93. The molecule has 2 aliphatic rings. The number of β-lactam (4-membered cyclic amide) rings is 1. The predicted molar refractivity (Wildman–Crippen MR) is 96.0 cm³/mol. The molecule has 0 unspecified atom stereocenters. The number of carbonyl (C=O) groups excluding carboxylic acids is 4. The zero-order valence-electron chi connectivity index (χ0n) is 15.5. The van der Waals surface area contributed by atoms with Crippen molar-refractivity contribution in [3.05, 3.63) is 16.7 Å². The fourth-order valence-corrected chi connectivity index (χ4v) is 4.54. The van der Waals surface area contributed by atoms with Crippen LogP contribution < -0.4 is 45.3 Å². The number of amides is 2. The molecule has 29 heavy (non-hydrogen) atoms. The van der Waals surface area contributed by atoms with E-state index < -0.39 is 35.2 Å². The first-order valence-electron chi connectivity index (χ1n) is 7.97. The van der Waals surface area contributed by atoms with E-state index in [0.717, 1.165) is 16.2 Å². The SMILES string of the molecule is CC(=O)OCC1=C(C(=O)[O-])N2C(=O)[C@@H](NC(=O)CNc3csc(O)n3)[C@H]2SC1.[Na+]. The molecule has 0 aromatic carbocycles. The maximum atomic E-state index is 12.4. The Morgan fingerprint density at radius 2 is 2.17 bits per heavy atom. The molecule has 14 heteroatoms. The van der Waals surface area contributed by atoms with Crippen LogP contribution in [0.3, 0.4) is 0 Å². The number of aliphatic carboxylic acids is 1. The second-order valence-corrected chi connectivity index (χ2v) is 7.79. The van der Waals surface area contributed by atoms with Crippen LogP contribution in [0.2, 0.25) is 0 Å². The van der Waals surface area contributed by atoms with Crippen LogP contribution in [0.4, 0.5) is 5.82 Å². The number of anilines is 1. The van der Waals surface area contributed by atoms with Crippen molar-refractivity contribution in [2.45, 2.75) is 18.3 Å². The van der Waals surface area contributed by atoms with Gasteiger partial charge < -0.3 is 30.4 Å². The van der Waals surface area contributed by atoms with Gasteiger partial charge in [-0.3, -0.25) is 19.3 Å². The zero-order chi connectivity index (χ0) is 20.4. The Morgan fingerprint density at radius 3 is 2.76 bits per heavy atom. The topological polar surface area (TPSA) is 161 Å². The average Bonchev–Trinajstić information content (AvgIpc) is 3.06. The van der Waals surface area contributed by atoms with E-state index in [1.54, 1.807) is 0 Å². The molecule has 150 valence electrons. The number of aromatic nitrogens is 1. The molecule has 2 atom stereocenters. The first-order chi connectivity index (χ1) is 13.3. The monoisotopic (exact) mass is 450 g/mol. The normalized spacial score (nSPS) is 20.2. The fraction of sp³-hybridized carbons (Fsp3) is 0.400. The van der Waals surface area contributed by atoms with Crippen molar-refractivity contribution < 1.29 is 63.7 Å². The van der Waals surface area contributed by atoms with E-state index in [4.69, 9.17) is 9.84 Å². The molecule has 2 aliphatic heterocycles. The Kier molecular flexibility index (Phi) is 7.94. The van der Waals surface area contributed by atoms with Crippen LogP contribution in [0.5, 0.6) is 5.19 Å². The van der Waals surface area contributed by atoms with Crippen molar-refractivity contribution in [1.29, 1.82) is 0 Å². The Bertz CT molecular complexity index is 875. The molecule has 3 heterocycles. The van der Waals surface area contributed by atoms with Gasteiger partial charge in [-0.2, -0.15) is 4.98 Å². The smallest absolute Gasteiger partial charge is 0.543 e. The summed E-state index contributed by atoms with van der Waals surface area (Å²) >= 11 is 2.25. The van der Waals surface area contributed by atoms with E-state index in [1.807, 2.05) is 0 Å². The molecule has 11 nitrogen and oxygen atoms in total. The largest absolute Gasteiger partial charge is 1.00 e. The number of hydrogen-bond donors (Lipinski definition) is 3. The van der Waals surface area contributed by atoms with Gasteiger partial charge in [0.25, 0.3) is 11.1 Å². The number of carboxylic acid groups (broad SMARTS) is 1. The number of ether oxygens (including phenoxy) is 1. The Balaban J connectivity index is 0.00000300. The Hall–Kier alpha value is -1.80. The molecule has 1 aromatic rings. The number of carbonyl (C=O) groups is 4. The van der Waals surface area contributed by atoms with Gasteiger partial charge in [0.2, 0.25) is 5.91 Å². The molecule has 0 spiro atoms. The van der Waals surface area contributed by atoms with E-state index in [1.165, 1.54) is 24.1 Å². The minimum Gasteiger partial charge on any atom is -0.543 e. The number of rotatable bonds is 7. The number of nitrogens with zero attached hydrogens (tertiary/aromatic N) is 2. The van der Waals surface area contributed by atoms with Gasteiger partial charge in [0.15, 0.2) is 0 Å². The molecule has 2 amide bonds. The van der Waals surface area contributed by atoms with Gasteiger partial charge in [0.1, 0.15) is 23.8 Å². The van der Waals surface area contributed by atoms with Crippen LogP contribution in [0.15, 0.2) is 16.7 Å². The van der Waals surface area contributed by atoms with E-state index in [-0.39, 0.29) is 64.9 Å². The summed E-state index contributed by atoms with van der Waals surface area (Å²) < 4.78 is 4.83. The second-order valence-electron chi connectivity index (χ2n) is 5.84. The van der Waals surface area contributed by atoms with Crippen molar-refractivity contribution in [1.82, 2.24) is 15.2 Å². The average molecular weight is 450 g/mol. The van der Waals surface area contributed by atoms with Crippen LogP contribution >= 0.6 is 23.1 Å². The number of nitrogens with one attached hydrogen (secondary N) is 2. The summed E-state index contributed by atoms with van der Waals surface area (Å²) in [5.41, 5.74) is -0.0591. The van der Waals surface area contributed by atoms with Crippen molar-refractivity contribution >= 4 is 52.7 Å². The van der Waals surface area contributed by atoms with Crippen molar-refractivity contribution in [3.8, 4) is 5.19 Å². The second kappa shape index (κ2) is 9.80. The first-order valence-corrected chi connectivity index (χ1v) is 9.90. The van der Waals surface area contributed by atoms with Crippen molar-refractivity contribution in [2.24, 2.45) is 0 Å². The third-order valence-corrected chi connectivity index (χ3v) is 5.91. The summed E-state index contributed by atoms with van der Waals surface area (Å²) in [4.78, 5) is 51.7. The fourth-order valence-electron chi connectivity index (χ4n) is 2.71. The molecule has 0 aliphatic carbocycles. The summed E-state index contributed by atoms with van der Waals surface area (Å²) in [5.74, 6) is -2.65. The molecule has 1 fully saturated rings. The maximum Gasteiger partial charge on any atom is 1.00 e. The number of hydrogen-bond acceptors (Lipinski definition) is 11.